The van der Waals surface area contributed by atoms with Crippen molar-refractivity contribution in [1.82, 2.24) is 10.2 Å². The number of nitrogens with zero attached hydrogens (tertiary/aromatic N) is 1. The Balaban J connectivity index is 1.45. The van der Waals surface area contributed by atoms with Crippen LogP contribution in [0.3, 0.4) is 0 Å². The van der Waals surface area contributed by atoms with Crippen LogP contribution in [0.15, 0.2) is 42.5 Å². The van der Waals surface area contributed by atoms with E-state index in [2.05, 4.69) is 35.6 Å². The van der Waals surface area contributed by atoms with Crippen molar-refractivity contribution in [2.45, 2.75) is 57.5 Å². The number of hydrogen-bond acceptors (Lipinski definition) is 4. The van der Waals surface area contributed by atoms with Crippen molar-refractivity contribution in [3.8, 4) is 11.5 Å². The number of amides is 1. The number of hydrogen-bond donors (Lipinski definition) is 1. The number of benzene rings is 2. The number of fused-ring (bicyclic) bond motifs is 1. The highest BCUT2D eigenvalue weighted by molar-refractivity contribution is 5.94. The minimum Gasteiger partial charge on any atom is -0.493 e. The summed E-state index contributed by atoms with van der Waals surface area (Å²) in [6.07, 6.45) is 5.55. The first-order valence-corrected chi connectivity index (χ1v) is 12.7. The lowest BCUT2D eigenvalue weighted by Gasteiger charge is -2.45. The molecule has 2 aromatic rings. The summed E-state index contributed by atoms with van der Waals surface area (Å²) in [5.74, 6) is 2.97. The van der Waals surface area contributed by atoms with Gasteiger partial charge in [0.05, 0.1) is 6.61 Å². The Bertz CT molecular complexity index is 973. The van der Waals surface area contributed by atoms with Gasteiger partial charge < -0.3 is 19.7 Å². The van der Waals surface area contributed by atoms with E-state index in [1.54, 1.807) is 0 Å². The van der Waals surface area contributed by atoms with Gasteiger partial charge in [0, 0.05) is 30.1 Å². The molecular formula is C28H36N2O3. The molecule has 2 aromatic carbocycles. The van der Waals surface area contributed by atoms with Crippen LogP contribution in [0.4, 0.5) is 0 Å². The third-order valence-electron chi connectivity index (χ3n) is 7.57. The average Bonchev–Trinajstić information content (AvgIpc) is 3.68. The smallest absolute Gasteiger partial charge is 0.253 e. The topological polar surface area (TPSA) is 50.8 Å². The van der Waals surface area contributed by atoms with Crippen molar-refractivity contribution in [1.29, 1.82) is 0 Å². The van der Waals surface area contributed by atoms with Crippen LogP contribution in [0.2, 0.25) is 0 Å². The molecule has 5 nitrogen and oxygen atoms in total. The van der Waals surface area contributed by atoms with Gasteiger partial charge in [0.15, 0.2) is 0 Å². The molecule has 5 rings (SSSR count). The second kappa shape index (κ2) is 9.38. The van der Waals surface area contributed by atoms with Gasteiger partial charge >= 0.3 is 0 Å². The number of nitrogens with one attached hydrogen (secondary N) is 1. The molecule has 2 fully saturated rings. The van der Waals surface area contributed by atoms with Gasteiger partial charge in [0.2, 0.25) is 0 Å². The van der Waals surface area contributed by atoms with Crippen LogP contribution in [-0.2, 0) is 0 Å². The van der Waals surface area contributed by atoms with Gasteiger partial charge in [0.25, 0.3) is 5.91 Å². The Kier molecular flexibility index (Phi) is 6.33. The monoisotopic (exact) mass is 448 g/mol. The third kappa shape index (κ3) is 4.74. The predicted molar refractivity (Wildman–Crippen MR) is 130 cm³/mol. The maximum atomic E-state index is 12.8. The lowest BCUT2D eigenvalue weighted by molar-refractivity contribution is 0.0112. The van der Waals surface area contributed by atoms with Gasteiger partial charge in [-0.25, -0.2) is 0 Å². The quantitative estimate of drug-likeness (QED) is 0.648. The Morgan fingerprint density at radius 3 is 2.48 bits per heavy atom. The molecule has 1 saturated heterocycles. The molecule has 0 radical (unpaired) electrons. The second-order valence-electron chi connectivity index (χ2n) is 9.85. The van der Waals surface area contributed by atoms with E-state index in [-0.39, 0.29) is 17.4 Å². The standard InChI is InChI=1S/C28H36N2O3/c1-3-30(4-2)27(31)22-9-7-21(8-10-22)25-18-28(13-15-29-16-14-28)33-26-12-11-23(17-24(25)26)32-19-20-5-6-20/h7-12,17,20,25,29H,3-6,13-16,18-19H2,1-2H3. The van der Waals surface area contributed by atoms with Crippen LogP contribution in [0.25, 0.3) is 0 Å². The molecule has 5 heteroatoms. The molecule has 3 aliphatic rings. The van der Waals surface area contributed by atoms with Gasteiger partial charge in [-0.15, -0.1) is 0 Å². The van der Waals surface area contributed by atoms with Gasteiger partial charge in [-0.1, -0.05) is 12.1 Å². The lowest BCUT2D eigenvalue weighted by Crippen LogP contribution is -2.49. The van der Waals surface area contributed by atoms with Crippen molar-refractivity contribution in [2.24, 2.45) is 5.92 Å². The molecule has 1 aliphatic carbocycles. The Labute approximate surface area is 197 Å². The normalized spacial score (nSPS) is 21.2. The maximum Gasteiger partial charge on any atom is 0.253 e. The molecule has 0 bridgehead atoms. The van der Waals surface area contributed by atoms with Crippen LogP contribution < -0.4 is 14.8 Å². The molecule has 1 amide bonds. The minimum atomic E-state index is -0.130. The fraction of sp³-hybridized carbons (Fsp3) is 0.536. The van der Waals surface area contributed by atoms with Crippen LogP contribution in [0, 0.1) is 5.92 Å². The first-order valence-electron chi connectivity index (χ1n) is 12.7. The van der Waals surface area contributed by atoms with Gasteiger partial charge in [-0.05, 0) is 101 Å². The number of carbonyl (C=O) groups is 1. The Morgan fingerprint density at radius 1 is 1.09 bits per heavy atom. The molecule has 1 unspecified atom stereocenters. The number of carbonyl (C=O) groups excluding carboxylic acids is 1. The number of rotatable bonds is 7. The molecule has 1 N–H and O–H groups in total. The highest BCUT2D eigenvalue weighted by Crippen LogP contribution is 2.48. The van der Waals surface area contributed by atoms with Gasteiger partial charge in [0.1, 0.15) is 17.1 Å². The molecular weight excluding hydrogens is 412 g/mol. The summed E-state index contributed by atoms with van der Waals surface area (Å²) in [5, 5.41) is 3.48. The summed E-state index contributed by atoms with van der Waals surface area (Å²) < 4.78 is 12.8. The molecule has 0 aromatic heterocycles. The zero-order valence-electron chi connectivity index (χ0n) is 19.9. The molecule has 2 aliphatic heterocycles. The van der Waals surface area contributed by atoms with Crippen molar-refractivity contribution in [3.63, 3.8) is 0 Å². The third-order valence-corrected chi connectivity index (χ3v) is 7.57. The molecule has 1 saturated carbocycles. The Morgan fingerprint density at radius 2 is 1.82 bits per heavy atom. The summed E-state index contributed by atoms with van der Waals surface area (Å²) in [6, 6.07) is 14.6. The first kappa shape index (κ1) is 22.3. The summed E-state index contributed by atoms with van der Waals surface area (Å²) in [5.41, 5.74) is 3.07. The minimum absolute atomic E-state index is 0.101. The van der Waals surface area contributed by atoms with E-state index in [4.69, 9.17) is 9.47 Å². The van der Waals surface area contributed by atoms with Crippen molar-refractivity contribution >= 4 is 5.91 Å². The summed E-state index contributed by atoms with van der Waals surface area (Å²) in [6.45, 7) is 8.29. The Hall–Kier alpha value is -2.53. The van der Waals surface area contributed by atoms with Crippen LogP contribution >= 0.6 is 0 Å². The van der Waals surface area contributed by atoms with E-state index in [1.165, 1.54) is 24.0 Å². The summed E-state index contributed by atoms with van der Waals surface area (Å²) in [7, 11) is 0. The number of piperidine rings is 1. The molecule has 33 heavy (non-hydrogen) atoms. The van der Waals surface area contributed by atoms with Crippen LogP contribution in [-0.4, -0.2) is 49.2 Å². The van der Waals surface area contributed by atoms with E-state index < -0.39 is 0 Å². The molecule has 2 heterocycles. The van der Waals surface area contributed by atoms with Gasteiger partial charge in [-0.2, -0.15) is 0 Å². The molecule has 1 spiro atoms. The maximum absolute atomic E-state index is 12.8. The zero-order chi connectivity index (χ0) is 22.8. The van der Waals surface area contributed by atoms with Crippen LogP contribution in [0.5, 0.6) is 11.5 Å². The van der Waals surface area contributed by atoms with Crippen molar-refractivity contribution in [3.05, 3.63) is 59.2 Å². The van der Waals surface area contributed by atoms with Crippen LogP contribution in [0.1, 0.15) is 73.4 Å². The van der Waals surface area contributed by atoms with E-state index >= 15 is 0 Å². The van der Waals surface area contributed by atoms with E-state index in [9.17, 15) is 4.79 Å². The molecule has 1 atom stereocenters. The summed E-state index contributed by atoms with van der Waals surface area (Å²) >= 11 is 0. The highest BCUT2D eigenvalue weighted by Gasteiger charge is 2.42. The van der Waals surface area contributed by atoms with E-state index in [0.29, 0.717) is 0 Å². The summed E-state index contributed by atoms with van der Waals surface area (Å²) in [4.78, 5) is 14.7. The second-order valence-corrected chi connectivity index (χ2v) is 9.85. The van der Waals surface area contributed by atoms with Crippen molar-refractivity contribution in [2.75, 3.05) is 32.8 Å². The number of ether oxygens (including phenoxy) is 2. The average molecular weight is 449 g/mol. The van der Waals surface area contributed by atoms with Crippen molar-refractivity contribution < 1.29 is 14.3 Å². The fourth-order valence-electron chi connectivity index (χ4n) is 5.27. The van der Waals surface area contributed by atoms with E-state index in [0.717, 1.165) is 75.0 Å². The van der Waals surface area contributed by atoms with Gasteiger partial charge in [-0.3, -0.25) is 4.79 Å². The largest absolute Gasteiger partial charge is 0.493 e. The molecule has 176 valence electrons. The zero-order valence-corrected chi connectivity index (χ0v) is 19.9. The highest BCUT2D eigenvalue weighted by atomic mass is 16.5. The van der Waals surface area contributed by atoms with E-state index in [1.807, 2.05) is 30.9 Å². The predicted octanol–water partition coefficient (Wildman–Crippen LogP) is 4.99. The lowest BCUT2D eigenvalue weighted by atomic mass is 9.75. The fourth-order valence-corrected chi connectivity index (χ4v) is 5.27. The SMILES string of the molecule is CCN(CC)C(=O)c1ccc(C2CC3(CCNCC3)Oc3ccc(OCC4CC4)cc32)cc1. The first-order chi connectivity index (χ1) is 16.1.